The van der Waals surface area contributed by atoms with E-state index in [9.17, 15) is 0 Å². The zero-order chi connectivity index (χ0) is 23.2. The number of nitrogens with zero attached hydrogens (tertiary/aromatic N) is 3. The zero-order valence-corrected chi connectivity index (χ0v) is 20.0. The standard InChI is InChI=1S/C27H33N3O3/c1-20-5-7-21(8-6-20)18-29-11-13-30(14-12-29)19-22-9-10-28-24(15-22)23-16-25(31-2)27(33-4)26(17-23)32-3/h5-10,15-17H,11-14,18-19H2,1-4H3. The quantitative estimate of drug-likeness (QED) is 0.510. The van der Waals surface area contributed by atoms with Crippen LogP contribution in [-0.4, -0.2) is 62.3 Å². The Kier molecular flexibility index (Phi) is 7.47. The molecule has 0 spiro atoms. The van der Waals surface area contributed by atoms with Gasteiger partial charge in [-0.05, 0) is 42.3 Å². The van der Waals surface area contributed by atoms with E-state index in [0.29, 0.717) is 17.2 Å². The van der Waals surface area contributed by atoms with E-state index in [1.807, 2.05) is 18.3 Å². The highest BCUT2D eigenvalue weighted by Crippen LogP contribution is 2.40. The topological polar surface area (TPSA) is 47.1 Å². The number of methoxy groups -OCH3 is 3. The third-order valence-electron chi connectivity index (χ3n) is 6.18. The summed E-state index contributed by atoms with van der Waals surface area (Å²) in [6.45, 7) is 8.36. The molecule has 2 heterocycles. The molecule has 0 aliphatic carbocycles. The monoisotopic (exact) mass is 447 g/mol. The molecule has 0 saturated carbocycles. The van der Waals surface area contributed by atoms with Crippen molar-refractivity contribution in [3.63, 3.8) is 0 Å². The van der Waals surface area contributed by atoms with Crippen LogP contribution in [-0.2, 0) is 13.1 Å². The largest absolute Gasteiger partial charge is 0.493 e. The Bertz CT molecular complexity index is 1040. The van der Waals surface area contributed by atoms with Crippen LogP contribution in [0.5, 0.6) is 17.2 Å². The van der Waals surface area contributed by atoms with E-state index in [0.717, 1.165) is 50.5 Å². The van der Waals surface area contributed by atoms with Gasteiger partial charge in [0.1, 0.15) is 0 Å². The third-order valence-corrected chi connectivity index (χ3v) is 6.18. The molecule has 6 nitrogen and oxygen atoms in total. The molecule has 0 bridgehead atoms. The number of benzene rings is 2. The molecule has 0 radical (unpaired) electrons. The van der Waals surface area contributed by atoms with Gasteiger partial charge in [0, 0.05) is 51.0 Å². The summed E-state index contributed by atoms with van der Waals surface area (Å²) in [4.78, 5) is 9.65. The van der Waals surface area contributed by atoms with Crippen molar-refractivity contribution < 1.29 is 14.2 Å². The number of ether oxygens (including phenoxy) is 3. The van der Waals surface area contributed by atoms with E-state index < -0.39 is 0 Å². The second-order valence-corrected chi connectivity index (χ2v) is 8.50. The van der Waals surface area contributed by atoms with E-state index in [1.165, 1.54) is 16.7 Å². The fourth-order valence-electron chi connectivity index (χ4n) is 4.27. The summed E-state index contributed by atoms with van der Waals surface area (Å²) in [6.07, 6.45) is 1.88. The molecule has 3 aromatic rings. The molecule has 4 rings (SSSR count). The molecule has 0 N–H and O–H groups in total. The smallest absolute Gasteiger partial charge is 0.203 e. The zero-order valence-electron chi connectivity index (χ0n) is 20.0. The van der Waals surface area contributed by atoms with Crippen LogP contribution in [0.4, 0.5) is 0 Å². The third kappa shape index (κ3) is 5.64. The highest BCUT2D eigenvalue weighted by molar-refractivity contribution is 5.69. The summed E-state index contributed by atoms with van der Waals surface area (Å²) in [5.41, 5.74) is 5.78. The lowest BCUT2D eigenvalue weighted by atomic mass is 10.1. The summed E-state index contributed by atoms with van der Waals surface area (Å²) in [6, 6.07) is 17.0. The van der Waals surface area contributed by atoms with E-state index in [-0.39, 0.29) is 0 Å². The van der Waals surface area contributed by atoms with Gasteiger partial charge in [0.15, 0.2) is 11.5 Å². The molecule has 1 aliphatic heterocycles. The molecule has 1 fully saturated rings. The molecule has 1 aliphatic rings. The van der Waals surface area contributed by atoms with E-state index in [2.05, 4.69) is 58.1 Å². The normalized spacial score (nSPS) is 14.8. The Balaban J connectivity index is 1.40. The average Bonchev–Trinajstić information content (AvgIpc) is 2.85. The Morgan fingerprint density at radius 2 is 1.30 bits per heavy atom. The number of pyridine rings is 1. The summed E-state index contributed by atoms with van der Waals surface area (Å²) < 4.78 is 16.5. The molecule has 1 saturated heterocycles. The maximum Gasteiger partial charge on any atom is 0.203 e. The van der Waals surface area contributed by atoms with Crippen LogP contribution >= 0.6 is 0 Å². The van der Waals surface area contributed by atoms with Gasteiger partial charge in [-0.2, -0.15) is 0 Å². The van der Waals surface area contributed by atoms with Crippen LogP contribution in [0.3, 0.4) is 0 Å². The molecule has 33 heavy (non-hydrogen) atoms. The van der Waals surface area contributed by atoms with Gasteiger partial charge in [-0.3, -0.25) is 14.8 Å². The maximum absolute atomic E-state index is 5.51. The predicted molar refractivity (Wildman–Crippen MR) is 131 cm³/mol. The van der Waals surface area contributed by atoms with Crippen molar-refractivity contribution in [2.45, 2.75) is 20.0 Å². The molecule has 0 amide bonds. The van der Waals surface area contributed by atoms with Crippen molar-refractivity contribution in [2.24, 2.45) is 0 Å². The Morgan fingerprint density at radius 1 is 0.727 bits per heavy atom. The second kappa shape index (κ2) is 10.7. The van der Waals surface area contributed by atoms with Crippen LogP contribution < -0.4 is 14.2 Å². The van der Waals surface area contributed by atoms with Crippen LogP contribution in [0.25, 0.3) is 11.3 Å². The number of piperazine rings is 1. The van der Waals surface area contributed by atoms with Crippen molar-refractivity contribution in [1.82, 2.24) is 14.8 Å². The predicted octanol–water partition coefficient (Wildman–Crippen LogP) is 4.40. The fourth-order valence-corrected chi connectivity index (χ4v) is 4.27. The molecular weight excluding hydrogens is 414 g/mol. The van der Waals surface area contributed by atoms with Gasteiger partial charge >= 0.3 is 0 Å². The summed E-state index contributed by atoms with van der Waals surface area (Å²) in [7, 11) is 4.87. The maximum atomic E-state index is 5.51. The van der Waals surface area contributed by atoms with Gasteiger partial charge in [-0.15, -0.1) is 0 Å². The molecule has 0 unspecified atom stereocenters. The van der Waals surface area contributed by atoms with Crippen molar-refractivity contribution in [2.75, 3.05) is 47.5 Å². The van der Waals surface area contributed by atoms with E-state index in [4.69, 9.17) is 14.2 Å². The molecular formula is C27H33N3O3. The first kappa shape index (κ1) is 23.1. The summed E-state index contributed by atoms with van der Waals surface area (Å²) in [5.74, 6) is 1.84. The molecule has 6 heteroatoms. The van der Waals surface area contributed by atoms with Crippen molar-refractivity contribution in [1.29, 1.82) is 0 Å². The number of aryl methyl sites for hydroxylation is 1. The van der Waals surface area contributed by atoms with Crippen molar-refractivity contribution in [3.05, 3.63) is 71.4 Å². The molecule has 2 aromatic carbocycles. The van der Waals surface area contributed by atoms with Gasteiger partial charge in [0.2, 0.25) is 5.75 Å². The highest BCUT2D eigenvalue weighted by atomic mass is 16.5. The Morgan fingerprint density at radius 3 is 1.85 bits per heavy atom. The lowest BCUT2D eigenvalue weighted by Crippen LogP contribution is -2.45. The van der Waals surface area contributed by atoms with Gasteiger partial charge in [-0.25, -0.2) is 0 Å². The van der Waals surface area contributed by atoms with Crippen LogP contribution in [0.15, 0.2) is 54.7 Å². The van der Waals surface area contributed by atoms with Crippen molar-refractivity contribution >= 4 is 0 Å². The van der Waals surface area contributed by atoms with E-state index >= 15 is 0 Å². The lowest BCUT2D eigenvalue weighted by Gasteiger charge is -2.34. The van der Waals surface area contributed by atoms with E-state index in [1.54, 1.807) is 21.3 Å². The molecule has 1 aromatic heterocycles. The van der Waals surface area contributed by atoms with Crippen LogP contribution in [0, 0.1) is 6.92 Å². The number of rotatable bonds is 8. The minimum atomic E-state index is 0.586. The minimum absolute atomic E-state index is 0.586. The highest BCUT2D eigenvalue weighted by Gasteiger charge is 2.18. The average molecular weight is 448 g/mol. The minimum Gasteiger partial charge on any atom is -0.493 e. The molecule has 174 valence electrons. The van der Waals surface area contributed by atoms with Crippen LogP contribution in [0.2, 0.25) is 0 Å². The molecule has 0 atom stereocenters. The Labute approximate surface area is 196 Å². The summed E-state index contributed by atoms with van der Waals surface area (Å²) >= 11 is 0. The first-order chi connectivity index (χ1) is 16.1. The lowest BCUT2D eigenvalue weighted by molar-refractivity contribution is 0.122. The van der Waals surface area contributed by atoms with Gasteiger partial charge in [-0.1, -0.05) is 29.8 Å². The van der Waals surface area contributed by atoms with Crippen LogP contribution in [0.1, 0.15) is 16.7 Å². The number of hydrogen-bond acceptors (Lipinski definition) is 6. The first-order valence-electron chi connectivity index (χ1n) is 11.3. The van der Waals surface area contributed by atoms with Gasteiger partial charge in [0.25, 0.3) is 0 Å². The number of aromatic nitrogens is 1. The number of hydrogen-bond donors (Lipinski definition) is 0. The summed E-state index contributed by atoms with van der Waals surface area (Å²) in [5, 5.41) is 0. The fraction of sp³-hybridized carbons (Fsp3) is 0.370. The second-order valence-electron chi connectivity index (χ2n) is 8.50. The van der Waals surface area contributed by atoms with Crippen molar-refractivity contribution in [3.8, 4) is 28.5 Å². The Hall–Kier alpha value is -3.09. The first-order valence-corrected chi connectivity index (χ1v) is 11.3. The van der Waals surface area contributed by atoms with Gasteiger partial charge in [0.05, 0.1) is 27.0 Å². The SMILES string of the molecule is COc1cc(-c2cc(CN3CCN(Cc4ccc(C)cc4)CC3)ccn2)cc(OC)c1OC. The van der Waals surface area contributed by atoms with Gasteiger partial charge < -0.3 is 14.2 Å².